The zero-order valence-corrected chi connectivity index (χ0v) is 13.0. The maximum absolute atomic E-state index is 5.93. The van der Waals surface area contributed by atoms with Crippen LogP contribution in [0.1, 0.15) is 57.9 Å². The zero-order chi connectivity index (χ0) is 14.3. The topological polar surface area (TPSA) is 47.3 Å². The largest absolute Gasteiger partial charge is 0.377 e. The Morgan fingerprint density at radius 3 is 2.95 bits per heavy atom. The summed E-state index contributed by atoms with van der Waals surface area (Å²) in [5, 5.41) is 7.78. The summed E-state index contributed by atoms with van der Waals surface area (Å²) in [6, 6.07) is 2.58. The van der Waals surface area contributed by atoms with Crippen molar-refractivity contribution in [3.05, 3.63) is 17.5 Å². The lowest BCUT2D eigenvalue weighted by atomic mass is 9.55. The number of ether oxygens (including phenoxy) is 1. The van der Waals surface area contributed by atoms with Gasteiger partial charge in [0, 0.05) is 30.0 Å². The van der Waals surface area contributed by atoms with Gasteiger partial charge in [0.15, 0.2) is 5.76 Å². The van der Waals surface area contributed by atoms with Gasteiger partial charge in [0.2, 0.25) is 0 Å². The van der Waals surface area contributed by atoms with Crippen LogP contribution in [0.2, 0.25) is 0 Å². The number of hydrogen-bond donors (Lipinski definition) is 1. The summed E-state index contributed by atoms with van der Waals surface area (Å²) < 4.78 is 11.3. The highest BCUT2D eigenvalue weighted by atomic mass is 16.5. The zero-order valence-electron chi connectivity index (χ0n) is 13.0. The lowest BCUT2D eigenvalue weighted by Crippen LogP contribution is -2.69. The van der Waals surface area contributed by atoms with Gasteiger partial charge in [-0.05, 0) is 18.8 Å². The van der Waals surface area contributed by atoms with Crippen LogP contribution in [0.25, 0.3) is 0 Å². The lowest BCUT2D eigenvalue weighted by molar-refractivity contribution is -0.193. The maximum Gasteiger partial charge on any atom is 0.150 e. The molecule has 1 aromatic rings. The SMILES string of the molecule is CC(C)c1cc(CN[C@@H]2[C@H]3CCCO[C@H]3C2(C)C)on1. The number of hydrogen-bond acceptors (Lipinski definition) is 4. The van der Waals surface area contributed by atoms with Gasteiger partial charge in [-0.3, -0.25) is 0 Å². The summed E-state index contributed by atoms with van der Waals surface area (Å²) in [7, 11) is 0. The lowest BCUT2D eigenvalue weighted by Gasteiger charge is -2.60. The van der Waals surface area contributed by atoms with E-state index in [4.69, 9.17) is 9.26 Å². The average Bonchev–Trinajstić information content (AvgIpc) is 2.88. The summed E-state index contributed by atoms with van der Waals surface area (Å²) in [6.45, 7) is 10.6. The minimum atomic E-state index is 0.214. The molecule has 20 heavy (non-hydrogen) atoms. The van der Waals surface area contributed by atoms with E-state index in [-0.39, 0.29) is 5.41 Å². The normalized spacial score (nSPS) is 31.9. The first-order valence-corrected chi connectivity index (χ1v) is 7.80. The van der Waals surface area contributed by atoms with E-state index in [2.05, 4.69) is 44.2 Å². The summed E-state index contributed by atoms with van der Waals surface area (Å²) in [6.07, 6.45) is 2.89. The fourth-order valence-electron chi connectivity index (χ4n) is 3.83. The Morgan fingerprint density at radius 2 is 2.25 bits per heavy atom. The van der Waals surface area contributed by atoms with Crippen LogP contribution in [-0.4, -0.2) is 23.9 Å². The summed E-state index contributed by atoms with van der Waals surface area (Å²) in [5.41, 5.74) is 1.25. The molecule has 3 atom stereocenters. The molecule has 4 heteroatoms. The van der Waals surface area contributed by atoms with Gasteiger partial charge in [0.25, 0.3) is 0 Å². The predicted octanol–water partition coefficient (Wildman–Crippen LogP) is 3.09. The number of nitrogens with one attached hydrogen (secondary N) is 1. The highest BCUT2D eigenvalue weighted by Gasteiger charge is 2.57. The van der Waals surface area contributed by atoms with Crippen molar-refractivity contribution in [2.75, 3.05) is 6.61 Å². The van der Waals surface area contributed by atoms with E-state index in [0.29, 0.717) is 24.0 Å². The minimum Gasteiger partial charge on any atom is -0.377 e. The van der Waals surface area contributed by atoms with Crippen molar-refractivity contribution in [2.45, 2.75) is 65.1 Å². The van der Waals surface area contributed by atoms with Gasteiger partial charge in [0.05, 0.1) is 18.3 Å². The molecule has 1 aromatic heterocycles. The van der Waals surface area contributed by atoms with Crippen LogP contribution in [0, 0.1) is 11.3 Å². The number of rotatable bonds is 4. The van der Waals surface area contributed by atoms with Gasteiger partial charge in [-0.25, -0.2) is 0 Å². The Hall–Kier alpha value is -0.870. The molecule has 2 aliphatic rings. The van der Waals surface area contributed by atoms with E-state index >= 15 is 0 Å². The summed E-state index contributed by atoms with van der Waals surface area (Å²) in [5.74, 6) is 2.01. The Bertz CT molecular complexity index is 467. The molecule has 2 fully saturated rings. The Kier molecular flexibility index (Phi) is 3.63. The van der Waals surface area contributed by atoms with Gasteiger partial charge < -0.3 is 14.6 Å². The summed E-state index contributed by atoms with van der Waals surface area (Å²) in [4.78, 5) is 0. The van der Waals surface area contributed by atoms with Crippen LogP contribution in [0.3, 0.4) is 0 Å². The fraction of sp³-hybridized carbons (Fsp3) is 0.812. The third-order valence-electron chi connectivity index (χ3n) is 5.00. The molecule has 2 heterocycles. The van der Waals surface area contributed by atoms with Crippen molar-refractivity contribution >= 4 is 0 Å². The number of aromatic nitrogens is 1. The number of fused-ring (bicyclic) bond motifs is 1. The quantitative estimate of drug-likeness (QED) is 0.919. The smallest absolute Gasteiger partial charge is 0.150 e. The first kappa shape index (κ1) is 14.1. The second kappa shape index (κ2) is 5.15. The monoisotopic (exact) mass is 278 g/mol. The standard InChI is InChI=1S/C16H26N2O2/c1-10(2)13-8-11(20-18-13)9-17-14-12-6-5-7-19-15(12)16(14,3)4/h8,10,12,14-15,17H,5-7,9H2,1-4H3/t12-,14-,15-/m1/s1. The van der Waals surface area contributed by atoms with Crippen LogP contribution in [-0.2, 0) is 11.3 Å². The first-order valence-electron chi connectivity index (χ1n) is 7.80. The van der Waals surface area contributed by atoms with Crippen LogP contribution in [0.4, 0.5) is 0 Å². The van der Waals surface area contributed by atoms with E-state index in [1.54, 1.807) is 0 Å². The fourth-order valence-corrected chi connectivity index (χ4v) is 3.83. The second-order valence-electron chi connectivity index (χ2n) is 7.15. The van der Waals surface area contributed by atoms with E-state index in [0.717, 1.165) is 24.6 Å². The van der Waals surface area contributed by atoms with Crippen molar-refractivity contribution in [3.8, 4) is 0 Å². The molecule has 1 saturated carbocycles. The Balaban J connectivity index is 1.60. The molecular weight excluding hydrogens is 252 g/mol. The van der Waals surface area contributed by atoms with E-state index in [9.17, 15) is 0 Å². The summed E-state index contributed by atoms with van der Waals surface area (Å²) >= 11 is 0. The average molecular weight is 278 g/mol. The molecule has 1 aliphatic heterocycles. The molecule has 0 unspecified atom stereocenters. The number of nitrogens with zero attached hydrogens (tertiary/aromatic N) is 1. The van der Waals surface area contributed by atoms with Crippen molar-refractivity contribution in [1.82, 2.24) is 10.5 Å². The predicted molar refractivity (Wildman–Crippen MR) is 77.5 cm³/mol. The van der Waals surface area contributed by atoms with Gasteiger partial charge in [-0.15, -0.1) is 0 Å². The molecule has 0 bridgehead atoms. The third-order valence-corrected chi connectivity index (χ3v) is 5.00. The van der Waals surface area contributed by atoms with Crippen LogP contribution in [0.15, 0.2) is 10.6 Å². The van der Waals surface area contributed by atoms with E-state index in [1.807, 2.05) is 0 Å². The van der Waals surface area contributed by atoms with Gasteiger partial charge in [0.1, 0.15) is 0 Å². The maximum atomic E-state index is 5.93. The molecule has 0 aromatic carbocycles. The Labute approximate surface area is 121 Å². The molecule has 4 nitrogen and oxygen atoms in total. The highest BCUT2D eigenvalue weighted by Crippen LogP contribution is 2.51. The molecular formula is C16H26N2O2. The molecule has 1 saturated heterocycles. The highest BCUT2D eigenvalue weighted by molar-refractivity contribution is 5.12. The van der Waals surface area contributed by atoms with Crippen molar-refractivity contribution in [1.29, 1.82) is 0 Å². The molecule has 3 rings (SSSR count). The molecule has 0 spiro atoms. The minimum absolute atomic E-state index is 0.214. The molecule has 1 N–H and O–H groups in total. The van der Waals surface area contributed by atoms with Crippen LogP contribution < -0.4 is 5.32 Å². The molecule has 1 aliphatic carbocycles. The van der Waals surface area contributed by atoms with Gasteiger partial charge in [-0.1, -0.05) is 32.9 Å². The second-order valence-corrected chi connectivity index (χ2v) is 7.15. The molecule has 0 radical (unpaired) electrons. The molecule has 0 amide bonds. The third kappa shape index (κ3) is 2.29. The Morgan fingerprint density at radius 1 is 1.45 bits per heavy atom. The van der Waals surface area contributed by atoms with E-state index in [1.165, 1.54) is 12.8 Å². The van der Waals surface area contributed by atoms with Crippen LogP contribution >= 0.6 is 0 Å². The molecule has 112 valence electrons. The van der Waals surface area contributed by atoms with Crippen LogP contribution in [0.5, 0.6) is 0 Å². The van der Waals surface area contributed by atoms with Crippen molar-refractivity contribution in [3.63, 3.8) is 0 Å². The van der Waals surface area contributed by atoms with Gasteiger partial charge >= 0.3 is 0 Å². The van der Waals surface area contributed by atoms with Crippen molar-refractivity contribution < 1.29 is 9.26 Å². The van der Waals surface area contributed by atoms with Crippen molar-refractivity contribution in [2.24, 2.45) is 11.3 Å². The van der Waals surface area contributed by atoms with Gasteiger partial charge in [-0.2, -0.15) is 0 Å². The van der Waals surface area contributed by atoms with E-state index < -0.39 is 0 Å². The first-order chi connectivity index (χ1) is 9.50.